The maximum Gasteiger partial charge on any atom is 0.416 e. The van der Waals surface area contributed by atoms with E-state index in [0.717, 1.165) is 11.6 Å². The SMILES string of the molecule is O[C@@H]1CC[C@@H](Cc2ccc(F)cc2C(F)(F)F)c2cccnc21. The first kappa shape index (κ1) is 15.9. The molecular formula is C17H15F4NO. The van der Waals surface area contributed by atoms with Crippen molar-refractivity contribution in [3.63, 3.8) is 0 Å². The molecule has 2 atom stereocenters. The molecule has 0 saturated heterocycles. The number of fused-ring (bicyclic) bond motifs is 1. The number of aliphatic hydroxyl groups excluding tert-OH is 1. The monoisotopic (exact) mass is 325 g/mol. The third kappa shape index (κ3) is 3.22. The average molecular weight is 325 g/mol. The molecule has 0 unspecified atom stereocenters. The standard InChI is InChI=1S/C17H15F4NO/c18-12-5-3-11(14(9-12)17(19,20)21)8-10-4-6-15(23)16-13(10)2-1-7-22-16/h1-3,5,7,9-10,15,23H,4,6,8H2/t10-,15+/m0/s1. The quantitative estimate of drug-likeness (QED) is 0.831. The number of pyridine rings is 1. The summed E-state index contributed by atoms with van der Waals surface area (Å²) in [6, 6.07) is 6.27. The van der Waals surface area contributed by atoms with E-state index in [2.05, 4.69) is 4.98 Å². The molecule has 2 aromatic rings. The van der Waals surface area contributed by atoms with Crippen LogP contribution in [-0.4, -0.2) is 10.1 Å². The number of rotatable bonds is 2. The molecule has 1 aliphatic carbocycles. The number of hydrogen-bond donors (Lipinski definition) is 1. The van der Waals surface area contributed by atoms with Crippen LogP contribution in [-0.2, 0) is 12.6 Å². The molecule has 1 aromatic heterocycles. The summed E-state index contributed by atoms with van der Waals surface area (Å²) in [6.45, 7) is 0. The van der Waals surface area contributed by atoms with Crippen molar-refractivity contribution >= 4 is 0 Å². The van der Waals surface area contributed by atoms with Gasteiger partial charge in [-0.3, -0.25) is 4.98 Å². The van der Waals surface area contributed by atoms with Crippen LogP contribution in [0.1, 0.15) is 47.2 Å². The highest BCUT2D eigenvalue weighted by Gasteiger charge is 2.35. The zero-order valence-electron chi connectivity index (χ0n) is 12.1. The molecule has 0 aliphatic heterocycles. The Morgan fingerprint density at radius 2 is 1.96 bits per heavy atom. The van der Waals surface area contributed by atoms with E-state index < -0.39 is 23.7 Å². The summed E-state index contributed by atoms with van der Waals surface area (Å²) in [5.74, 6) is -1.07. The Kier molecular flexibility index (Phi) is 4.10. The molecule has 122 valence electrons. The highest BCUT2D eigenvalue weighted by Crippen LogP contribution is 2.40. The third-order valence-electron chi connectivity index (χ3n) is 4.26. The number of hydrogen-bond acceptors (Lipinski definition) is 2. The number of alkyl halides is 3. The molecule has 1 heterocycles. The number of aliphatic hydroxyl groups is 1. The van der Waals surface area contributed by atoms with Gasteiger partial charge in [0.1, 0.15) is 5.82 Å². The zero-order valence-corrected chi connectivity index (χ0v) is 12.1. The van der Waals surface area contributed by atoms with Gasteiger partial charge in [0.2, 0.25) is 0 Å². The van der Waals surface area contributed by atoms with Crippen LogP contribution in [0, 0.1) is 5.82 Å². The van der Waals surface area contributed by atoms with Crippen molar-refractivity contribution in [2.24, 2.45) is 0 Å². The van der Waals surface area contributed by atoms with Crippen LogP contribution < -0.4 is 0 Å². The molecule has 0 saturated carbocycles. The van der Waals surface area contributed by atoms with Crippen molar-refractivity contribution in [1.29, 1.82) is 0 Å². The minimum atomic E-state index is -4.59. The number of halogens is 4. The fourth-order valence-electron chi connectivity index (χ4n) is 3.17. The van der Waals surface area contributed by atoms with E-state index in [1.165, 1.54) is 6.07 Å². The van der Waals surface area contributed by atoms with E-state index in [9.17, 15) is 22.7 Å². The summed E-state index contributed by atoms with van der Waals surface area (Å²) in [6.07, 6.45) is -2.56. The van der Waals surface area contributed by atoms with Gasteiger partial charge in [-0.1, -0.05) is 12.1 Å². The van der Waals surface area contributed by atoms with Gasteiger partial charge < -0.3 is 5.11 Å². The van der Waals surface area contributed by atoms with Crippen LogP contribution in [0.2, 0.25) is 0 Å². The largest absolute Gasteiger partial charge is 0.416 e. The van der Waals surface area contributed by atoms with Crippen LogP contribution in [0.3, 0.4) is 0 Å². The fourth-order valence-corrected chi connectivity index (χ4v) is 3.17. The molecule has 0 amide bonds. The molecule has 1 N–H and O–H groups in total. The molecule has 0 bridgehead atoms. The minimum Gasteiger partial charge on any atom is -0.387 e. The summed E-state index contributed by atoms with van der Waals surface area (Å²) < 4.78 is 52.6. The van der Waals surface area contributed by atoms with Crippen molar-refractivity contribution in [3.05, 3.63) is 64.7 Å². The lowest BCUT2D eigenvalue weighted by atomic mass is 9.80. The number of aromatic nitrogens is 1. The maximum absolute atomic E-state index is 13.2. The van der Waals surface area contributed by atoms with Gasteiger partial charge in [-0.15, -0.1) is 0 Å². The molecule has 0 fully saturated rings. The summed E-state index contributed by atoms with van der Waals surface area (Å²) in [5, 5.41) is 9.97. The molecule has 0 radical (unpaired) electrons. The van der Waals surface area contributed by atoms with Crippen LogP contribution in [0.4, 0.5) is 17.6 Å². The topological polar surface area (TPSA) is 33.1 Å². The van der Waals surface area contributed by atoms with Crippen molar-refractivity contribution in [2.75, 3.05) is 0 Å². The molecule has 2 nitrogen and oxygen atoms in total. The molecule has 1 aromatic carbocycles. The molecule has 3 rings (SSSR count). The second kappa shape index (κ2) is 5.92. The third-order valence-corrected chi connectivity index (χ3v) is 4.26. The van der Waals surface area contributed by atoms with E-state index in [4.69, 9.17) is 0 Å². The first-order valence-corrected chi connectivity index (χ1v) is 7.34. The van der Waals surface area contributed by atoms with Gasteiger partial charge in [0.05, 0.1) is 17.4 Å². The van der Waals surface area contributed by atoms with E-state index in [1.54, 1.807) is 18.3 Å². The Bertz CT molecular complexity index is 714. The number of benzene rings is 1. The van der Waals surface area contributed by atoms with Crippen LogP contribution in [0.15, 0.2) is 36.5 Å². The van der Waals surface area contributed by atoms with Crippen molar-refractivity contribution < 1.29 is 22.7 Å². The Hall–Kier alpha value is -1.95. The molecule has 6 heteroatoms. The predicted octanol–water partition coefficient (Wildman–Crippen LogP) is 4.39. The highest BCUT2D eigenvalue weighted by atomic mass is 19.4. The summed E-state index contributed by atoms with van der Waals surface area (Å²) >= 11 is 0. The molecule has 1 aliphatic rings. The maximum atomic E-state index is 13.2. The molecular weight excluding hydrogens is 310 g/mol. The first-order valence-electron chi connectivity index (χ1n) is 7.34. The molecule has 23 heavy (non-hydrogen) atoms. The van der Waals surface area contributed by atoms with Crippen LogP contribution in [0.5, 0.6) is 0 Å². The van der Waals surface area contributed by atoms with Crippen LogP contribution in [0.25, 0.3) is 0 Å². The Labute approximate surface area is 130 Å². The van der Waals surface area contributed by atoms with Gasteiger partial charge >= 0.3 is 6.18 Å². The second-order valence-electron chi connectivity index (χ2n) is 5.77. The summed E-state index contributed by atoms with van der Waals surface area (Å²) in [4.78, 5) is 4.15. The van der Waals surface area contributed by atoms with Crippen molar-refractivity contribution in [2.45, 2.75) is 37.5 Å². The van der Waals surface area contributed by atoms with Gasteiger partial charge in [-0.2, -0.15) is 13.2 Å². The lowest BCUT2D eigenvalue weighted by Crippen LogP contribution is -2.19. The summed E-state index contributed by atoms with van der Waals surface area (Å²) in [5.41, 5.74) is 0.423. The average Bonchev–Trinajstić information content (AvgIpc) is 2.51. The summed E-state index contributed by atoms with van der Waals surface area (Å²) in [7, 11) is 0. The number of nitrogens with zero attached hydrogens (tertiary/aromatic N) is 1. The lowest BCUT2D eigenvalue weighted by molar-refractivity contribution is -0.138. The van der Waals surface area contributed by atoms with Gasteiger partial charge in [-0.05, 0) is 54.5 Å². The first-order chi connectivity index (χ1) is 10.9. The van der Waals surface area contributed by atoms with E-state index in [-0.39, 0.29) is 17.9 Å². The Morgan fingerprint density at radius 3 is 2.70 bits per heavy atom. The normalized spacial score (nSPS) is 21.1. The van der Waals surface area contributed by atoms with E-state index in [1.807, 2.05) is 0 Å². The minimum absolute atomic E-state index is 0.0649. The second-order valence-corrected chi connectivity index (χ2v) is 5.77. The van der Waals surface area contributed by atoms with E-state index in [0.29, 0.717) is 24.6 Å². The molecule has 0 spiro atoms. The van der Waals surface area contributed by atoms with Gasteiger partial charge in [-0.25, -0.2) is 4.39 Å². The van der Waals surface area contributed by atoms with Crippen molar-refractivity contribution in [3.8, 4) is 0 Å². The van der Waals surface area contributed by atoms with Gasteiger partial charge in [0.15, 0.2) is 0 Å². The highest BCUT2D eigenvalue weighted by molar-refractivity contribution is 5.35. The predicted molar refractivity (Wildman–Crippen MR) is 76.3 cm³/mol. The van der Waals surface area contributed by atoms with E-state index >= 15 is 0 Å². The van der Waals surface area contributed by atoms with Crippen molar-refractivity contribution in [1.82, 2.24) is 4.98 Å². The smallest absolute Gasteiger partial charge is 0.387 e. The Balaban J connectivity index is 1.96. The lowest BCUT2D eigenvalue weighted by Gasteiger charge is -2.28. The Morgan fingerprint density at radius 1 is 1.17 bits per heavy atom. The van der Waals surface area contributed by atoms with Gasteiger partial charge in [0.25, 0.3) is 0 Å². The van der Waals surface area contributed by atoms with Crippen LogP contribution >= 0.6 is 0 Å². The zero-order chi connectivity index (χ0) is 16.6. The van der Waals surface area contributed by atoms with Gasteiger partial charge in [0, 0.05) is 6.20 Å². The fraction of sp³-hybridized carbons (Fsp3) is 0.353.